The lowest BCUT2D eigenvalue weighted by atomic mass is 9.83. The number of aliphatic carboxylic acids is 1. The molecule has 0 radical (unpaired) electrons. The third-order valence-corrected chi connectivity index (χ3v) is 8.17. The summed E-state index contributed by atoms with van der Waals surface area (Å²) in [5.41, 5.74) is 1.17. The summed E-state index contributed by atoms with van der Waals surface area (Å²) < 4.78 is 1.47. The van der Waals surface area contributed by atoms with Crippen molar-refractivity contribution in [2.24, 2.45) is 13.0 Å². The van der Waals surface area contributed by atoms with E-state index in [2.05, 4.69) is 21.0 Å². The summed E-state index contributed by atoms with van der Waals surface area (Å²) in [7, 11) is 1.68. The van der Waals surface area contributed by atoms with E-state index in [4.69, 9.17) is 0 Å². The Bertz CT molecular complexity index is 1270. The van der Waals surface area contributed by atoms with Gasteiger partial charge in [-0.1, -0.05) is 25.3 Å². The number of benzene rings is 1. The number of aromatic nitrogens is 2. The molecule has 2 fully saturated rings. The highest BCUT2D eigenvalue weighted by Gasteiger charge is 2.53. The van der Waals surface area contributed by atoms with E-state index in [0.717, 1.165) is 43.2 Å². The van der Waals surface area contributed by atoms with Crippen molar-refractivity contribution in [3.8, 4) is 0 Å². The Hall–Kier alpha value is -3.89. The number of carboxylic acids is 1. The van der Waals surface area contributed by atoms with Crippen LogP contribution in [0, 0.1) is 5.92 Å². The number of carbonyl (C=O) groups is 4. The molecule has 202 valence electrons. The summed E-state index contributed by atoms with van der Waals surface area (Å²) in [6.45, 7) is 2.17. The van der Waals surface area contributed by atoms with E-state index in [-0.39, 0.29) is 42.6 Å². The van der Waals surface area contributed by atoms with Crippen molar-refractivity contribution in [2.45, 2.75) is 69.5 Å². The SMILES string of the molecule is CC1CN(C2(C(=O)O)Cc3ccc(NC(=O)[C@@H](NC(=O)c4ccnn4C)C4CCCCC4)cc3C2)C(=O)N1. The first-order chi connectivity index (χ1) is 18.2. The first-order valence-electron chi connectivity index (χ1n) is 13.2. The summed E-state index contributed by atoms with van der Waals surface area (Å²) >= 11 is 0. The molecule has 4 N–H and O–H groups in total. The van der Waals surface area contributed by atoms with E-state index in [1.807, 2.05) is 13.0 Å². The maximum Gasteiger partial charge on any atom is 0.330 e. The average Bonchev–Trinajstić information content (AvgIpc) is 3.59. The van der Waals surface area contributed by atoms with Crippen molar-refractivity contribution < 1.29 is 24.3 Å². The van der Waals surface area contributed by atoms with Crippen LogP contribution in [-0.2, 0) is 29.5 Å². The highest BCUT2D eigenvalue weighted by Crippen LogP contribution is 2.38. The molecule has 1 saturated carbocycles. The van der Waals surface area contributed by atoms with Gasteiger partial charge in [-0.15, -0.1) is 0 Å². The molecule has 1 saturated heterocycles. The molecule has 38 heavy (non-hydrogen) atoms. The van der Waals surface area contributed by atoms with E-state index in [0.29, 0.717) is 17.9 Å². The van der Waals surface area contributed by atoms with E-state index in [9.17, 15) is 24.3 Å². The number of nitrogens with zero attached hydrogens (tertiary/aromatic N) is 3. The highest BCUT2D eigenvalue weighted by molar-refractivity contribution is 6.01. The predicted molar refractivity (Wildman–Crippen MR) is 139 cm³/mol. The summed E-state index contributed by atoms with van der Waals surface area (Å²) in [6.07, 6.45) is 6.74. The van der Waals surface area contributed by atoms with Crippen LogP contribution in [0.3, 0.4) is 0 Å². The minimum atomic E-state index is -1.36. The number of nitrogens with one attached hydrogen (secondary N) is 3. The van der Waals surface area contributed by atoms with Crippen molar-refractivity contribution in [3.05, 3.63) is 47.3 Å². The van der Waals surface area contributed by atoms with Crippen LogP contribution >= 0.6 is 0 Å². The van der Waals surface area contributed by atoms with Crippen LogP contribution in [0.2, 0.25) is 0 Å². The Morgan fingerprint density at radius 2 is 1.87 bits per heavy atom. The molecule has 11 heteroatoms. The molecular weight excluding hydrogens is 488 g/mol. The van der Waals surface area contributed by atoms with Crippen molar-refractivity contribution in [3.63, 3.8) is 0 Å². The van der Waals surface area contributed by atoms with Gasteiger partial charge in [0.2, 0.25) is 5.91 Å². The molecule has 2 aliphatic carbocycles. The van der Waals surface area contributed by atoms with Crippen molar-refractivity contribution in [1.82, 2.24) is 25.3 Å². The van der Waals surface area contributed by atoms with Crippen LogP contribution in [0.4, 0.5) is 10.5 Å². The molecule has 4 amide bonds. The van der Waals surface area contributed by atoms with Gasteiger partial charge in [-0.2, -0.15) is 5.10 Å². The van der Waals surface area contributed by atoms with Crippen molar-refractivity contribution >= 4 is 29.5 Å². The largest absolute Gasteiger partial charge is 0.479 e. The Morgan fingerprint density at radius 3 is 2.50 bits per heavy atom. The van der Waals surface area contributed by atoms with Crippen LogP contribution < -0.4 is 16.0 Å². The summed E-state index contributed by atoms with van der Waals surface area (Å²) in [4.78, 5) is 52.9. The maximum absolute atomic E-state index is 13.5. The number of hydrogen-bond acceptors (Lipinski definition) is 5. The molecule has 11 nitrogen and oxygen atoms in total. The smallest absolute Gasteiger partial charge is 0.330 e. The molecule has 0 spiro atoms. The second-order valence-electron chi connectivity index (χ2n) is 10.8. The fourth-order valence-electron chi connectivity index (χ4n) is 6.15. The maximum atomic E-state index is 13.5. The predicted octanol–water partition coefficient (Wildman–Crippen LogP) is 2.07. The van der Waals surface area contributed by atoms with Crippen LogP contribution in [0.15, 0.2) is 30.5 Å². The van der Waals surface area contributed by atoms with E-state index in [1.165, 1.54) is 9.58 Å². The van der Waals surface area contributed by atoms with E-state index >= 15 is 0 Å². The second kappa shape index (κ2) is 10.1. The van der Waals surface area contributed by atoms with Gasteiger partial charge in [-0.05, 0) is 55.0 Å². The molecule has 3 aliphatic rings. The second-order valence-corrected chi connectivity index (χ2v) is 10.8. The molecule has 2 heterocycles. The normalized spacial score (nSPS) is 24.0. The molecular formula is C27H34N6O5. The summed E-state index contributed by atoms with van der Waals surface area (Å²) in [5.74, 6) is -1.68. The Balaban J connectivity index is 1.35. The lowest BCUT2D eigenvalue weighted by Gasteiger charge is -2.33. The number of amides is 4. The third kappa shape index (κ3) is 4.72. The number of rotatable bonds is 7. The Kier molecular flexibility index (Phi) is 6.85. The van der Waals surface area contributed by atoms with Crippen LogP contribution in [0.1, 0.15) is 60.6 Å². The number of fused-ring (bicyclic) bond motifs is 1. The zero-order valence-corrected chi connectivity index (χ0v) is 21.7. The minimum absolute atomic E-state index is 0.0192. The number of hydrogen-bond donors (Lipinski definition) is 4. The number of urea groups is 1. The van der Waals surface area contributed by atoms with Gasteiger partial charge in [0.25, 0.3) is 5.91 Å². The van der Waals surface area contributed by atoms with Crippen molar-refractivity contribution in [1.29, 1.82) is 0 Å². The standard InChI is InChI=1S/C27H34N6O5/c1-16-15-33(26(38)29-16)27(25(36)37)13-18-8-9-20(12-19(18)14-27)30-24(35)22(17-6-4-3-5-7-17)31-23(34)21-10-11-28-32(21)2/h8-12,16-17,22H,3-7,13-15H2,1-2H3,(H,29,38)(H,30,35)(H,31,34)(H,36,37)/t16?,22-,27?/m0/s1. The molecule has 2 unspecified atom stereocenters. The minimum Gasteiger partial charge on any atom is -0.479 e. The molecule has 1 aliphatic heterocycles. The lowest BCUT2D eigenvalue weighted by Crippen LogP contribution is -2.56. The fourth-order valence-corrected chi connectivity index (χ4v) is 6.15. The van der Waals surface area contributed by atoms with E-state index in [1.54, 1.807) is 31.4 Å². The summed E-state index contributed by atoms with van der Waals surface area (Å²) in [5, 5.41) is 22.9. The van der Waals surface area contributed by atoms with Crippen LogP contribution in [0.25, 0.3) is 0 Å². The Labute approximate surface area is 220 Å². The molecule has 5 rings (SSSR count). The van der Waals surface area contributed by atoms with Gasteiger partial charge in [0.1, 0.15) is 17.3 Å². The first-order valence-corrected chi connectivity index (χ1v) is 13.2. The number of anilines is 1. The third-order valence-electron chi connectivity index (χ3n) is 8.17. The lowest BCUT2D eigenvalue weighted by molar-refractivity contribution is -0.148. The van der Waals surface area contributed by atoms with Gasteiger partial charge < -0.3 is 26.0 Å². The summed E-state index contributed by atoms with van der Waals surface area (Å²) in [6, 6.07) is 5.76. The molecule has 2 aromatic rings. The van der Waals surface area contributed by atoms with Crippen LogP contribution in [-0.4, -0.2) is 67.8 Å². The molecule has 1 aromatic heterocycles. The van der Waals surface area contributed by atoms with Gasteiger partial charge in [0, 0.05) is 44.4 Å². The van der Waals surface area contributed by atoms with Crippen molar-refractivity contribution in [2.75, 3.05) is 11.9 Å². The quantitative estimate of drug-likeness (QED) is 0.438. The number of carboxylic acid groups (broad SMARTS) is 1. The Morgan fingerprint density at radius 1 is 1.13 bits per heavy atom. The monoisotopic (exact) mass is 522 g/mol. The topological polar surface area (TPSA) is 146 Å². The average molecular weight is 523 g/mol. The van der Waals surface area contributed by atoms with Gasteiger partial charge in [0.05, 0.1) is 0 Å². The van der Waals surface area contributed by atoms with Gasteiger partial charge in [0.15, 0.2) is 0 Å². The van der Waals surface area contributed by atoms with E-state index < -0.39 is 17.6 Å². The fraction of sp³-hybridized carbons (Fsp3) is 0.519. The molecule has 3 atom stereocenters. The zero-order valence-electron chi connectivity index (χ0n) is 21.7. The van der Waals surface area contributed by atoms with Gasteiger partial charge >= 0.3 is 12.0 Å². The highest BCUT2D eigenvalue weighted by atomic mass is 16.4. The molecule has 0 bridgehead atoms. The number of carbonyl (C=O) groups excluding carboxylic acids is 3. The van der Waals surface area contributed by atoms with Gasteiger partial charge in [-0.3, -0.25) is 14.3 Å². The zero-order chi connectivity index (χ0) is 27.0. The molecule has 1 aromatic carbocycles. The van der Waals surface area contributed by atoms with Crippen LogP contribution in [0.5, 0.6) is 0 Å². The van der Waals surface area contributed by atoms with Gasteiger partial charge in [-0.25, -0.2) is 9.59 Å². The first kappa shape index (κ1) is 25.7. The number of aryl methyl sites for hydroxylation is 1.